The molecule has 0 aromatic carbocycles. The van der Waals surface area contributed by atoms with Gasteiger partial charge in [-0.3, -0.25) is 0 Å². The summed E-state index contributed by atoms with van der Waals surface area (Å²) in [4.78, 5) is 12.5. The fourth-order valence-electron chi connectivity index (χ4n) is 1.26. The van der Waals surface area contributed by atoms with E-state index >= 15 is 0 Å². The predicted molar refractivity (Wildman–Crippen MR) is 40.9 cm³/mol. The molecule has 7 nitrogen and oxygen atoms in total. The second-order valence-electron chi connectivity index (χ2n) is 2.84. The lowest BCUT2D eigenvalue weighted by atomic mass is 10.0. The molecule has 2 rings (SSSR count). The van der Waals surface area contributed by atoms with Gasteiger partial charge in [0.15, 0.2) is 5.82 Å². The Balaban J connectivity index is 1.89. The van der Waals surface area contributed by atoms with E-state index in [0.717, 1.165) is 0 Å². The first-order valence-corrected chi connectivity index (χ1v) is 3.87. The number of aromatic amines is 1. The molecule has 7 heteroatoms. The standard InChI is InChI=1S/C6H9N5O2/c1-13-6(12)11-2-4(3-11)5-7-9-10-8-5/h4H,2-3H2,1H3,(H,7,8,9,10). The number of rotatable bonds is 1. The van der Waals surface area contributed by atoms with Crippen molar-refractivity contribution < 1.29 is 9.53 Å². The minimum Gasteiger partial charge on any atom is -0.453 e. The third kappa shape index (κ3) is 1.32. The van der Waals surface area contributed by atoms with Gasteiger partial charge < -0.3 is 9.64 Å². The van der Waals surface area contributed by atoms with E-state index in [0.29, 0.717) is 18.9 Å². The van der Waals surface area contributed by atoms with Crippen molar-refractivity contribution in [2.24, 2.45) is 0 Å². The largest absolute Gasteiger partial charge is 0.453 e. The van der Waals surface area contributed by atoms with Crippen molar-refractivity contribution in [1.82, 2.24) is 25.5 Å². The van der Waals surface area contributed by atoms with Gasteiger partial charge in [-0.15, -0.1) is 10.2 Å². The minimum atomic E-state index is -0.306. The number of amides is 1. The van der Waals surface area contributed by atoms with Gasteiger partial charge in [0.05, 0.1) is 13.0 Å². The highest BCUT2D eigenvalue weighted by Gasteiger charge is 2.34. The second kappa shape index (κ2) is 3.00. The number of carbonyl (C=O) groups is 1. The molecule has 0 bridgehead atoms. The maximum atomic E-state index is 10.9. The Bertz CT molecular complexity index is 292. The summed E-state index contributed by atoms with van der Waals surface area (Å²) in [6.07, 6.45) is -0.306. The predicted octanol–water partition coefficient (Wildman–Crippen LogP) is -0.635. The number of likely N-dealkylation sites (tertiary alicyclic amines) is 1. The van der Waals surface area contributed by atoms with E-state index in [9.17, 15) is 4.79 Å². The van der Waals surface area contributed by atoms with E-state index in [2.05, 4.69) is 25.4 Å². The molecule has 1 fully saturated rings. The Morgan fingerprint density at radius 2 is 2.46 bits per heavy atom. The molecule has 1 aliphatic heterocycles. The van der Waals surface area contributed by atoms with Crippen LogP contribution in [0.2, 0.25) is 0 Å². The summed E-state index contributed by atoms with van der Waals surface area (Å²) in [5.74, 6) is 0.845. The first kappa shape index (κ1) is 7.96. The number of H-pyrrole nitrogens is 1. The summed E-state index contributed by atoms with van der Waals surface area (Å²) in [6.45, 7) is 1.21. The monoisotopic (exact) mass is 183 g/mol. The topological polar surface area (TPSA) is 84.0 Å². The van der Waals surface area contributed by atoms with E-state index in [-0.39, 0.29) is 12.0 Å². The van der Waals surface area contributed by atoms with Crippen LogP contribution in [0, 0.1) is 0 Å². The maximum Gasteiger partial charge on any atom is 0.409 e. The molecule has 0 radical (unpaired) electrons. The summed E-state index contributed by atoms with van der Waals surface area (Å²) in [5.41, 5.74) is 0. The molecule has 2 heterocycles. The van der Waals surface area contributed by atoms with E-state index in [1.54, 1.807) is 4.90 Å². The molecule has 1 aromatic rings. The first-order chi connectivity index (χ1) is 6.31. The van der Waals surface area contributed by atoms with Crippen molar-refractivity contribution in [2.75, 3.05) is 20.2 Å². The SMILES string of the molecule is COC(=O)N1CC(c2nn[nH]n2)C1. The molecule has 0 aliphatic carbocycles. The number of ether oxygens (including phenoxy) is 1. The normalized spacial score (nSPS) is 16.8. The average molecular weight is 183 g/mol. The molecule has 1 amide bonds. The van der Waals surface area contributed by atoms with Crippen LogP contribution in [-0.4, -0.2) is 51.8 Å². The Hall–Kier alpha value is -1.66. The molecule has 1 aliphatic rings. The molecule has 0 atom stereocenters. The Morgan fingerprint density at radius 3 is 3.00 bits per heavy atom. The van der Waals surface area contributed by atoms with Crippen LogP contribution < -0.4 is 0 Å². The van der Waals surface area contributed by atoms with Gasteiger partial charge in [-0.1, -0.05) is 5.21 Å². The van der Waals surface area contributed by atoms with Gasteiger partial charge in [0.25, 0.3) is 0 Å². The molecule has 70 valence electrons. The number of tetrazole rings is 1. The fourth-order valence-corrected chi connectivity index (χ4v) is 1.26. The molecule has 0 spiro atoms. The number of hydrogen-bond donors (Lipinski definition) is 1. The highest BCUT2D eigenvalue weighted by atomic mass is 16.5. The molecular weight excluding hydrogens is 174 g/mol. The summed E-state index contributed by atoms with van der Waals surface area (Å²) in [5, 5.41) is 13.5. The molecule has 1 N–H and O–H groups in total. The van der Waals surface area contributed by atoms with Crippen LogP contribution in [0.4, 0.5) is 4.79 Å². The Labute approximate surface area is 74.1 Å². The zero-order valence-electron chi connectivity index (χ0n) is 7.10. The Kier molecular flexibility index (Phi) is 1.84. The van der Waals surface area contributed by atoms with Crippen molar-refractivity contribution >= 4 is 6.09 Å². The lowest BCUT2D eigenvalue weighted by Crippen LogP contribution is -2.48. The average Bonchev–Trinajstić information content (AvgIpc) is 2.54. The fraction of sp³-hybridized carbons (Fsp3) is 0.667. The van der Waals surface area contributed by atoms with E-state index < -0.39 is 0 Å². The third-order valence-corrected chi connectivity index (χ3v) is 2.04. The molecule has 1 saturated heterocycles. The summed E-state index contributed by atoms with van der Waals surface area (Å²) < 4.78 is 4.54. The second-order valence-corrected chi connectivity index (χ2v) is 2.84. The highest BCUT2D eigenvalue weighted by molar-refractivity contribution is 5.68. The van der Waals surface area contributed by atoms with Crippen LogP contribution in [-0.2, 0) is 4.74 Å². The van der Waals surface area contributed by atoms with Crippen LogP contribution in [0.15, 0.2) is 0 Å². The van der Waals surface area contributed by atoms with Gasteiger partial charge in [-0.25, -0.2) is 4.79 Å². The third-order valence-electron chi connectivity index (χ3n) is 2.04. The van der Waals surface area contributed by atoms with Gasteiger partial charge in [0, 0.05) is 13.1 Å². The smallest absolute Gasteiger partial charge is 0.409 e. The van der Waals surface area contributed by atoms with Crippen LogP contribution in [0.3, 0.4) is 0 Å². The number of methoxy groups -OCH3 is 1. The van der Waals surface area contributed by atoms with Crippen molar-refractivity contribution in [3.05, 3.63) is 5.82 Å². The van der Waals surface area contributed by atoms with Gasteiger partial charge in [-0.2, -0.15) is 5.21 Å². The molecular formula is C6H9N5O2. The molecule has 0 unspecified atom stereocenters. The van der Waals surface area contributed by atoms with Gasteiger partial charge in [0.1, 0.15) is 0 Å². The molecule has 13 heavy (non-hydrogen) atoms. The van der Waals surface area contributed by atoms with Crippen molar-refractivity contribution in [3.8, 4) is 0 Å². The number of hydrogen-bond acceptors (Lipinski definition) is 5. The molecule has 1 aromatic heterocycles. The lowest BCUT2D eigenvalue weighted by molar-refractivity contribution is 0.0863. The van der Waals surface area contributed by atoms with Crippen LogP contribution in [0.5, 0.6) is 0 Å². The van der Waals surface area contributed by atoms with Gasteiger partial charge >= 0.3 is 6.09 Å². The quantitative estimate of drug-likeness (QED) is 0.626. The van der Waals surface area contributed by atoms with Crippen LogP contribution in [0.25, 0.3) is 0 Å². The summed E-state index contributed by atoms with van der Waals surface area (Å²) in [7, 11) is 1.37. The van der Waals surface area contributed by atoms with Crippen molar-refractivity contribution in [2.45, 2.75) is 5.92 Å². The van der Waals surface area contributed by atoms with Gasteiger partial charge in [-0.05, 0) is 0 Å². The number of carbonyl (C=O) groups excluding carboxylic acids is 1. The van der Waals surface area contributed by atoms with Crippen molar-refractivity contribution in [3.63, 3.8) is 0 Å². The number of aromatic nitrogens is 4. The molecule has 0 saturated carbocycles. The van der Waals surface area contributed by atoms with Crippen LogP contribution in [0.1, 0.15) is 11.7 Å². The van der Waals surface area contributed by atoms with E-state index in [1.807, 2.05) is 0 Å². The van der Waals surface area contributed by atoms with E-state index in [1.165, 1.54) is 7.11 Å². The summed E-state index contributed by atoms with van der Waals surface area (Å²) in [6, 6.07) is 0. The summed E-state index contributed by atoms with van der Waals surface area (Å²) >= 11 is 0. The van der Waals surface area contributed by atoms with Crippen LogP contribution >= 0.6 is 0 Å². The zero-order chi connectivity index (χ0) is 9.26. The minimum absolute atomic E-state index is 0.192. The van der Waals surface area contributed by atoms with Crippen molar-refractivity contribution in [1.29, 1.82) is 0 Å². The highest BCUT2D eigenvalue weighted by Crippen LogP contribution is 2.23. The first-order valence-electron chi connectivity index (χ1n) is 3.87. The maximum absolute atomic E-state index is 10.9. The lowest BCUT2D eigenvalue weighted by Gasteiger charge is -2.35. The van der Waals surface area contributed by atoms with E-state index in [4.69, 9.17) is 0 Å². The number of nitrogens with one attached hydrogen (secondary N) is 1. The number of nitrogens with zero attached hydrogens (tertiary/aromatic N) is 4. The zero-order valence-corrected chi connectivity index (χ0v) is 7.10. The van der Waals surface area contributed by atoms with Gasteiger partial charge in [0.2, 0.25) is 0 Å². The Morgan fingerprint density at radius 1 is 1.69 bits per heavy atom.